The van der Waals surface area contributed by atoms with Crippen molar-refractivity contribution in [3.05, 3.63) is 40.5 Å². The van der Waals surface area contributed by atoms with Crippen LogP contribution >= 0.6 is 11.3 Å². The molecule has 18 heavy (non-hydrogen) atoms. The van der Waals surface area contributed by atoms with Crippen LogP contribution in [0.15, 0.2) is 29.2 Å². The van der Waals surface area contributed by atoms with Gasteiger partial charge < -0.3 is 5.32 Å². The maximum Gasteiger partial charge on any atom is 0.243 e. The van der Waals surface area contributed by atoms with Gasteiger partial charge in [0.25, 0.3) is 0 Å². The monoisotopic (exact) mass is 259 g/mol. The van der Waals surface area contributed by atoms with Gasteiger partial charge in [-0.25, -0.2) is 9.50 Å². The number of fused-ring (bicyclic) bond motifs is 1. The van der Waals surface area contributed by atoms with Crippen LogP contribution in [0.3, 0.4) is 0 Å². The lowest BCUT2D eigenvalue weighted by Gasteiger charge is -1.98. The van der Waals surface area contributed by atoms with Gasteiger partial charge in [-0.1, -0.05) is 6.07 Å². The molecule has 0 aliphatic carbocycles. The van der Waals surface area contributed by atoms with E-state index in [0.717, 1.165) is 29.9 Å². The van der Waals surface area contributed by atoms with Gasteiger partial charge in [0.1, 0.15) is 0 Å². The van der Waals surface area contributed by atoms with Crippen molar-refractivity contribution in [1.29, 1.82) is 0 Å². The zero-order valence-electron chi connectivity index (χ0n) is 10.00. The molecule has 0 bridgehead atoms. The molecule has 0 atom stereocenters. The second-order valence-electron chi connectivity index (χ2n) is 4.05. The Labute approximate surface area is 109 Å². The smallest absolute Gasteiger partial charge is 0.243 e. The van der Waals surface area contributed by atoms with Crippen LogP contribution in [0.5, 0.6) is 0 Å². The molecule has 3 rings (SSSR count). The summed E-state index contributed by atoms with van der Waals surface area (Å²) >= 11 is 1.62. The predicted octanol–water partition coefficient (Wildman–Crippen LogP) is 2.15. The highest BCUT2D eigenvalue weighted by Crippen LogP contribution is 2.10. The summed E-state index contributed by atoms with van der Waals surface area (Å²) in [5, 5.41) is 9.65. The van der Waals surface area contributed by atoms with E-state index in [9.17, 15) is 0 Å². The summed E-state index contributed by atoms with van der Waals surface area (Å²) in [4.78, 5) is 8.69. The highest BCUT2D eigenvalue weighted by Gasteiger charge is 2.04. The third-order valence-corrected chi connectivity index (χ3v) is 3.34. The fraction of sp³-hybridized carbons (Fsp3) is 0.250. The first-order chi connectivity index (χ1) is 8.83. The Hall–Kier alpha value is -1.95. The molecule has 3 heterocycles. The fourth-order valence-electron chi connectivity index (χ4n) is 1.78. The Morgan fingerprint density at radius 3 is 3.17 bits per heavy atom. The van der Waals surface area contributed by atoms with Crippen LogP contribution < -0.4 is 5.32 Å². The van der Waals surface area contributed by atoms with Crippen molar-refractivity contribution in [2.45, 2.75) is 13.3 Å². The van der Waals surface area contributed by atoms with Crippen LogP contribution in [0.1, 0.15) is 11.3 Å². The van der Waals surface area contributed by atoms with Crippen molar-refractivity contribution in [1.82, 2.24) is 19.6 Å². The van der Waals surface area contributed by atoms with Crippen molar-refractivity contribution in [3.63, 3.8) is 0 Å². The zero-order valence-corrected chi connectivity index (χ0v) is 10.8. The Morgan fingerprint density at radius 2 is 2.39 bits per heavy atom. The SMILES string of the molecule is Cc1cccn2nc(NCCc3cscn3)nc12. The first-order valence-corrected chi connectivity index (χ1v) is 6.70. The molecule has 0 saturated carbocycles. The van der Waals surface area contributed by atoms with Crippen LogP contribution in [0.2, 0.25) is 0 Å². The molecule has 1 N–H and O–H groups in total. The van der Waals surface area contributed by atoms with Gasteiger partial charge in [0.15, 0.2) is 5.65 Å². The number of hydrogen-bond acceptors (Lipinski definition) is 5. The second-order valence-corrected chi connectivity index (χ2v) is 4.77. The van der Waals surface area contributed by atoms with E-state index < -0.39 is 0 Å². The Balaban J connectivity index is 1.69. The van der Waals surface area contributed by atoms with E-state index in [1.165, 1.54) is 0 Å². The molecule has 0 spiro atoms. The van der Waals surface area contributed by atoms with Crippen LogP contribution in [0, 0.1) is 6.92 Å². The topological polar surface area (TPSA) is 55.1 Å². The Morgan fingerprint density at radius 1 is 1.44 bits per heavy atom. The Kier molecular flexibility index (Phi) is 2.93. The van der Waals surface area contributed by atoms with E-state index in [1.54, 1.807) is 15.9 Å². The third kappa shape index (κ3) is 2.19. The van der Waals surface area contributed by atoms with Gasteiger partial charge in [0.05, 0.1) is 11.2 Å². The number of pyridine rings is 1. The third-order valence-electron chi connectivity index (χ3n) is 2.71. The van der Waals surface area contributed by atoms with Gasteiger partial charge in [-0.15, -0.1) is 16.4 Å². The minimum atomic E-state index is 0.666. The van der Waals surface area contributed by atoms with Crippen molar-refractivity contribution in [2.24, 2.45) is 0 Å². The maximum absolute atomic E-state index is 4.45. The molecule has 0 aliphatic heterocycles. The van der Waals surface area contributed by atoms with E-state index in [4.69, 9.17) is 0 Å². The standard InChI is InChI=1S/C12H13N5S/c1-9-3-2-6-17-11(9)15-12(16-17)13-5-4-10-7-18-8-14-10/h2-3,6-8H,4-5H2,1H3,(H,13,16). The number of rotatable bonds is 4. The molecule has 5 nitrogen and oxygen atoms in total. The van der Waals surface area contributed by atoms with Crippen LogP contribution in [-0.4, -0.2) is 26.1 Å². The van der Waals surface area contributed by atoms with Crippen LogP contribution in [-0.2, 0) is 6.42 Å². The lowest BCUT2D eigenvalue weighted by atomic mass is 10.3. The van der Waals surface area contributed by atoms with Crippen molar-refractivity contribution in [2.75, 3.05) is 11.9 Å². The normalized spacial score (nSPS) is 10.9. The second kappa shape index (κ2) is 4.73. The number of aromatic nitrogens is 4. The van der Waals surface area contributed by atoms with E-state index in [2.05, 4.69) is 25.8 Å². The molecular weight excluding hydrogens is 246 g/mol. The lowest BCUT2D eigenvalue weighted by molar-refractivity contribution is 0.924. The van der Waals surface area contributed by atoms with E-state index >= 15 is 0 Å². The number of aryl methyl sites for hydroxylation is 1. The summed E-state index contributed by atoms with van der Waals surface area (Å²) in [5.41, 5.74) is 4.97. The van der Waals surface area contributed by atoms with Crippen molar-refractivity contribution in [3.8, 4) is 0 Å². The van der Waals surface area contributed by atoms with Gasteiger partial charge in [0.2, 0.25) is 5.95 Å². The molecule has 0 saturated heterocycles. The Bertz CT molecular complexity index is 644. The van der Waals surface area contributed by atoms with Gasteiger partial charge >= 0.3 is 0 Å². The average molecular weight is 259 g/mol. The summed E-state index contributed by atoms with van der Waals surface area (Å²) in [6.45, 7) is 2.82. The number of nitrogens with zero attached hydrogens (tertiary/aromatic N) is 4. The maximum atomic E-state index is 4.45. The first kappa shape index (κ1) is 11.2. The van der Waals surface area contributed by atoms with Crippen LogP contribution in [0.4, 0.5) is 5.95 Å². The largest absolute Gasteiger partial charge is 0.353 e. The predicted molar refractivity (Wildman–Crippen MR) is 72.0 cm³/mol. The molecule has 0 unspecified atom stereocenters. The van der Waals surface area contributed by atoms with E-state index in [1.807, 2.05) is 30.8 Å². The molecule has 3 aromatic rings. The molecule has 0 fully saturated rings. The van der Waals surface area contributed by atoms with Crippen molar-refractivity contribution < 1.29 is 0 Å². The first-order valence-electron chi connectivity index (χ1n) is 5.76. The highest BCUT2D eigenvalue weighted by molar-refractivity contribution is 7.07. The van der Waals surface area contributed by atoms with Gasteiger partial charge in [-0.3, -0.25) is 0 Å². The molecule has 0 amide bonds. The molecule has 0 aromatic carbocycles. The molecule has 92 valence electrons. The quantitative estimate of drug-likeness (QED) is 0.780. The van der Waals surface area contributed by atoms with Gasteiger partial charge in [-0.2, -0.15) is 4.98 Å². The zero-order chi connectivity index (χ0) is 12.4. The number of anilines is 1. The van der Waals surface area contributed by atoms with Crippen LogP contribution in [0.25, 0.3) is 5.65 Å². The minimum Gasteiger partial charge on any atom is -0.353 e. The molecule has 3 aromatic heterocycles. The molecule has 0 radical (unpaired) electrons. The fourth-order valence-corrected chi connectivity index (χ4v) is 2.37. The summed E-state index contributed by atoms with van der Waals surface area (Å²) in [5.74, 6) is 0.666. The van der Waals surface area contributed by atoms with E-state index in [0.29, 0.717) is 5.95 Å². The van der Waals surface area contributed by atoms with Crippen molar-refractivity contribution >= 4 is 22.9 Å². The summed E-state index contributed by atoms with van der Waals surface area (Å²) in [7, 11) is 0. The lowest BCUT2D eigenvalue weighted by Crippen LogP contribution is -2.06. The highest BCUT2D eigenvalue weighted by atomic mass is 32.1. The molecule has 0 aliphatic rings. The molecule has 6 heteroatoms. The summed E-state index contributed by atoms with van der Waals surface area (Å²) in [6.07, 6.45) is 2.79. The van der Waals surface area contributed by atoms with Gasteiger partial charge in [-0.05, 0) is 18.6 Å². The van der Waals surface area contributed by atoms with Gasteiger partial charge in [0, 0.05) is 24.5 Å². The summed E-state index contributed by atoms with van der Waals surface area (Å²) < 4.78 is 1.79. The number of hydrogen-bond donors (Lipinski definition) is 1. The molecular formula is C12H13N5S. The number of thiazole rings is 1. The number of nitrogens with one attached hydrogen (secondary N) is 1. The van der Waals surface area contributed by atoms with E-state index in [-0.39, 0.29) is 0 Å². The minimum absolute atomic E-state index is 0.666. The summed E-state index contributed by atoms with van der Waals surface area (Å²) in [6, 6.07) is 4.00. The average Bonchev–Trinajstić information content (AvgIpc) is 2.98.